The molecule has 1 N–H and O–H groups in total. The smallest absolute Gasteiger partial charge is 0.410 e. The van der Waals surface area contributed by atoms with Crippen molar-refractivity contribution in [2.75, 3.05) is 24.7 Å². The van der Waals surface area contributed by atoms with Crippen molar-refractivity contribution in [3.05, 3.63) is 36.2 Å². The monoisotopic (exact) mass is 443 g/mol. The van der Waals surface area contributed by atoms with Crippen LogP contribution in [0.25, 0.3) is 0 Å². The van der Waals surface area contributed by atoms with E-state index in [1.54, 1.807) is 35.4 Å². The Kier molecular flexibility index (Phi) is 7.41. The summed E-state index contributed by atoms with van der Waals surface area (Å²) in [6.45, 7) is 4.66. The molecule has 1 aliphatic rings. The minimum absolute atomic E-state index is 0.160. The molecule has 0 aliphatic carbocycles. The summed E-state index contributed by atoms with van der Waals surface area (Å²) in [5.41, 5.74) is 0.902. The van der Waals surface area contributed by atoms with Gasteiger partial charge in [0.15, 0.2) is 11.4 Å². The second-order valence-corrected chi connectivity index (χ2v) is 8.73. The van der Waals surface area contributed by atoms with E-state index in [4.69, 9.17) is 9.47 Å². The molecular weight excluding hydrogens is 418 g/mol. The first-order valence-electron chi connectivity index (χ1n) is 9.95. The maximum Gasteiger partial charge on any atom is 0.410 e. The normalized spacial score (nSPS) is 15.3. The molecule has 10 heteroatoms. The van der Waals surface area contributed by atoms with E-state index in [1.165, 1.54) is 6.33 Å². The Morgan fingerprint density at radius 1 is 1.26 bits per heavy atom. The summed E-state index contributed by atoms with van der Waals surface area (Å²) < 4.78 is 22.7. The van der Waals surface area contributed by atoms with Crippen molar-refractivity contribution in [3.8, 4) is 11.9 Å². The number of nitrogens with zero attached hydrogens (tertiary/aromatic N) is 4. The number of piperidine rings is 1. The number of anilines is 2. The molecule has 3 rings (SSSR count). The van der Waals surface area contributed by atoms with Gasteiger partial charge in [0.05, 0.1) is 6.10 Å². The van der Waals surface area contributed by atoms with Crippen molar-refractivity contribution in [2.24, 2.45) is 0 Å². The number of benzene rings is 1. The molecule has 1 aliphatic heterocycles. The van der Waals surface area contributed by atoms with Crippen LogP contribution in [0, 0.1) is 11.3 Å². The van der Waals surface area contributed by atoms with Gasteiger partial charge in [-0.15, -0.1) is 0 Å². The summed E-state index contributed by atoms with van der Waals surface area (Å²) in [4.78, 5) is 22.7. The fourth-order valence-corrected chi connectivity index (χ4v) is 3.63. The second kappa shape index (κ2) is 10.2. The van der Waals surface area contributed by atoms with Gasteiger partial charge in [0.2, 0.25) is 5.88 Å². The van der Waals surface area contributed by atoms with Gasteiger partial charge in [-0.05, 0) is 38.1 Å². The van der Waals surface area contributed by atoms with Crippen LogP contribution in [0.4, 0.5) is 16.3 Å². The fraction of sp³-hybridized carbons (Fsp3) is 0.429. The van der Waals surface area contributed by atoms with Crippen molar-refractivity contribution in [3.63, 3.8) is 0 Å². The van der Waals surface area contributed by atoms with Crippen LogP contribution in [0.5, 0.6) is 5.88 Å². The van der Waals surface area contributed by atoms with Gasteiger partial charge in [-0.2, -0.15) is 5.26 Å². The number of carbonyl (C=O) groups is 1. The van der Waals surface area contributed by atoms with Crippen molar-refractivity contribution in [1.82, 2.24) is 14.9 Å². The number of nitrogens with one attached hydrogen (secondary N) is 1. The molecule has 0 spiro atoms. The summed E-state index contributed by atoms with van der Waals surface area (Å²) in [5.74, 6) is 0.533. The number of likely N-dealkylation sites (tertiary alicyclic amines) is 1. The van der Waals surface area contributed by atoms with E-state index >= 15 is 0 Å². The van der Waals surface area contributed by atoms with Gasteiger partial charge in [-0.25, -0.2) is 14.8 Å². The van der Waals surface area contributed by atoms with Gasteiger partial charge in [-0.1, -0.05) is 0 Å². The van der Waals surface area contributed by atoms with E-state index in [0.717, 1.165) is 0 Å². The van der Waals surface area contributed by atoms with Crippen molar-refractivity contribution < 1.29 is 18.5 Å². The number of nitriles is 1. The summed E-state index contributed by atoms with van der Waals surface area (Å²) in [5, 5.41) is 12.7. The standard InChI is InChI=1S/C21H25N5O4S/c1-14(2)29-21(27)26-10-8-16(9-11-26)30-20-18(12-22)19(23-13-24-20)25-15-4-6-17(7-5-15)31(3)28/h4-7,13-14,16H,8-11H2,1-3H3,(H,23,24,25). The zero-order chi connectivity index (χ0) is 22.4. The summed E-state index contributed by atoms with van der Waals surface area (Å²) in [7, 11) is -1.06. The Balaban J connectivity index is 1.66. The molecule has 164 valence electrons. The average Bonchev–Trinajstić information content (AvgIpc) is 2.74. The Morgan fingerprint density at radius 3 is 2.52 bits per heavy atom. The van der Waals surface area contributed by atoms with Crippen molar-refractivity contribution in [1.29, 1.82) is 5.26 Å². The largest absolute Gasteiger partial charge is 0.473 e. The summed E-state index contributed by atoms with van der Waals surface area (Å²) in [6, 6.07) is 9.15. The first-order valence-corrected chi connectivity index (χ1v) is 11.5. The van der Waals surface area contributed by atoms with E-state index in [9.17, 15) is 14.3 Å². The third kappa shape index (κ3) is 5.92. The van der Waals surface area contributed by atoms with Crippen LogP contribution in [0.3, 0.4) is 0 Å². The lowest BCUT2D eigenvalue weighted by Crippen LogP contribution is -2.42. The second-order valence-electron chi connectivity index (χ2n) is 7.35. The van der Waals surface area contributed by atoms with Crippen LogP contribution in [-0.2, 0) is 15.5 Å². The first kappa shape index (κ1) is 22.5. The van der Waals surface area contributed by atoms with Crippen LogP contribution in [0.2, 0.25) is 0 Å². The highest BCUT2D eigenvalue weighted by molar-refractivity contribution is 7.84. The van der Waals surface area contributed by atoms with Gasteiger partial charge >= 0.3 is 6.09 Å². The maximum atomic E-state index is 12.0. The van der Waals surface area contributed by atoms with Crippen LogP contribution < -0.4 is 10.1 Å². The molecular formula is C21H25N5O4S. The van der Waals surface area contributed by atoms with Crippen LogP contribution in [0.1, 0.15) is 32.3 Å². The number of aromatic nitrogens is 2. The number of rotatable bonds is 6. The van der Waals surface area contributed by atoms with E-state index in [2.05, 4.69) is 21.4 Å². The highest BCUT2D eigenvalue weighted by Crippen LogP contribution is 2.27. The minimum atomic E-state index is -1.06. The molecule has 9 nitrogen and oxygen atoms in total. The van der Waals surface area contributed by atoms with Crippen molar-refractivity contribution in [2.45, 2.75) is 43.8 Å². The van der Waals surface area contributed by atoms with E-state index < -0.39 is 10.8 Å². The minimum Gasteiger partial charge on any atom is -0.473 e. The quantitative estimate of drug-likeness (QED) is 0.723. The molecule has 1 unspecified atom stereocenters. The number of hydrogen-bond donors (Lipinski definition) is 1. The average molecular weight is 444 g/mol. The predicted molar refractivity (Wildman–Crippen MR) is 116 cm³/mol. The van der Waals surface area contributed by atoms with Gasteiger partial charge in [0.25, 0.3) is 0 Å². The molecule has 2 heterocycles. The topological polar surface area (TPSA) is 117 Å². The Bertz CT molecular complexity index is 982. The fourth-order valence-electron chi connectivity index (χ4n) is 3.11. The van der Waals surface area contributed by atoms with Crippen LogP contribution >= 0.6 is 0 Å². The number of ether oxygens (including phenoxy) is 2. The predicted octanol–water partition coefficient (Wildman–Crippen LogP) is 3.22. The molecule has 1 atom stereocenters. The highest BCUT2D eigenvalue weighted by atomic mass is 32.2. The van der Waals surface area contributed by atoms with Crippen LogP contribution in [-0.4, -0.2) is 56.7 Å². The Morgan fingerprint density at radius 2 is 1.94 bits per heavy atom. The SMILES string of the molecule is CC(C)OC(=O)N1CCC(Oc2ncnc(Nc3ccc(S(C)=O)cc3)c2C#N)CC1. The molecule has 2 aromatic rings. The molecule has 1 saturated heterocycles. The van der Waals surface area contributed by atoms with E-state index in [0.29, 0.717) is 42.3 Å². The maximum absolute atomic E-state index is 12.0. The molecule has 0 bridgehead atoms. The van der Waals surface area contributed by atoms with Gasteiger partial charge in [-0.3, -0.25) is 4.21 Å². The summed E-state index contributed by atoms with van der Waals surface area (Å²) >= 11 is 0. The highest BCUT2D eigenvalue weighted by Gasteiger charge is 2.27. The molecule has 0 saturated carbocycles. The Labute approximate surface area is 183 Å². The zero-order valence-corrected chi connectivity index (χ0v) is 18.5. The third-order valence-corrected chi connectivity index (χ3v) is 5.62. The molecule has 1 fully saturated rings. The number of hydrogen-bond acceptors (Lipinski definition) is 8. The molecule has 0 radical (unpaired) electrons. The van der Waals surface area contributed by atoms with Crippen LogP contribution in [0.15, 0.2) is 35.5 Å². The lowest BCUT2D eigenvalue weighted by Gasteiger charge is -2.31. The Hall–Kier alpha value is -3.19. The van der Waals surface area contributed by atoms with E-state index in [-0.39, 0.29) is 29.7 Å². The van der Waals surface area contributed by atoms with Crippen molar-refractivity contribution >= 4 is 28.4 Å². The third-order valence-electron chi connectivity index (χ3n) is 4.69. The molecule has 31 heavy (non-hydrogen) atoms. The number of carbonyl (C=O) groups excluding carboxylic acids is 1. The van der Waals surface area contributed by atoms with E-state index in [1.807, 2.05) is 13.8 Å². The molecule has 1 aromatic carbocycles. The zero-order valence-electron chi connectivity index (χ0n) is 17.7. The van der Waals surface area contributed by atoms with Gasteiger partial charge in [0.1, 0.15) is 18.5 Å². The number of amides is 1. The molecule has 1 amide bonds. The molecule has 1 aromatic heterocycles. The van der Waals surface area contributed by atoms with Gasteiger partial charge in [0, 0.05) is 53.6 Å². The lowest BCUT2D eigenvalue weighted by atomic mass is 10.1. The summed E-state index contributed by atoms with van der Waals surface area (Å²) in [6.07, 6.45) is 3.52. The van der Waals surface area contributed by atoms with Gasteiger partial charge < -0.3 is 19.7 Å². The lowest BCUT2D eigenvalue weighted by molar-refractivity contribution is 0.0506. The first-order chi connectivity index (χ1) is 14.9.